The number of ether oxygens (including phenoxy) is 5. The van der Waals surface area contributed by atoms with E-state index >= 15 is 0 Å². The van der Waals surface area contributed by atoms with Crippen LogP contribution < -0.4 is 0 Å². The smallest absolute Gasteiger partial charge is 0.303 e. The Kier molecular flexibility index (Phi) is 7.49. The van der Waals surface area contributed by atoms with Crippen LogP contribution in [0, 0.1) is 0 Å². The molecule has 0 aliphatic carbocycles. The van der Waals surface area contributed by atoms with E-state index in [1.807, 2.05) is 0 Å². The molecule has 0 N–H and O–H groups in total. The third-order valence-corrected chi connectivity index (χ3v) is 3.38. The number of rotatable bonds is 5. The summed E-state index contributed by atoms with van der Waals surface area (Å²) in [5.41, 5.74) is -0.981. The molecule has 0 amide bonds. The molecule has 3 unspecified atom stereocenters. The molecule has 1 aliphatic rings. The Morgan fingerprint density at radius 2 is 1.25 bits per heavy atom. The van der Waals surface area contributed by atoms with Gasteiger partial charge in [0.1, 0.15) is 18.1 Å². The molecule has 9 nitrogen and oxygen atoms in total. The average molecular weight is 364 g/mol. The Morgan fingerprint density at radius 1 is 0.792 bits per heavy atom. The van der Waals surface area contributed by atoms with Crippen molar-refractivity contribution in [1.82, 2.24) is 0 Å². The van der Waals surface area contributed by atoms with Gasteiger partial charge in [-0.2, -0.15) is 0 Å². The van der Waals surface area contributed by atoms with E-state index in [0.29, 0.717) is 0 Å². The molecule has 0 bridgehead atoms. The molecular weight excluding hydrogens is 344 g/mol. The Bertz CT molecular complexity index is 506. The maximum absolute atomic E-state index is 11.4. The molecule has 0 saturated carbocycles. The lowest BCUT2D eigenvalue weighted by Gasteiger charge is -2.42. The van der Waals surface area contributed by atoms with Crippen molar-refractivity contribution in [2.24, 2.45) is 0 Å². The highest BCUT2D eigenvalue weighted by Crippen LogP contribution is 2.30. The lowest BCUT2D eigenvalue weighted by molar-refractivity contribution is -0.237. The standard InChI is InChI=1S/C14H20O9S/c1-6(15)19-5-10-11(20-7(2)16)12(21-8(3)17)13(14(24)23-10)22-9(4)18/h10-14,24H,5H2,1-4H3/t10?,11-,12?,13?,14+/m0/s1. The summed E-state index contributed by atoms with van der Waals surface area (Å²) in [4.78, 5) is 45.1. The van der Waals surface area contributed by atoms with E-state index < -0.39 is 53.7 Å². The predicted octanol–water partition coefficient (Wildman–Crippen LogP) is -0.000700. The fourth-order valence-corrected chi connectivity index (χ4v) is 2.59. The molecule has 1 saturated heterocycles. The third kappa shape index (κ3) is 6.00. The van der Waals surface area contributed by atoms with Crippen molar-refractivity contribution >= 4 is 36.5 Å². The fourth-order valence-electron chi connectivity index (χ4n) is 2.21. The summed E-state index contributed by atoms with van der Waals surface area (Å²) in [6.45, 7) is 4.42. The second-order valence-corrected chi connectivity index (χ2v) is 5.60. The van der Waals surface area contributed by atoms with E-state index in [1.54, 1.807) is 0 Å². The molecule has 1 fully saturated rings. The Labute approximate surface area is 144 Å². The van der Waals surface area contributed by atoms with Crippen molar-refractivity contribution in [3.63, 3.8) is 0 Å². The van der Waals surface area contributed by atoms with Gasteiger partial charge < -0.3 is 23.7 Å². The molecule has 0 spiro atoms. The van der Waals surface area contributed by atoms with E-state index in [4.69, 9.17) is 23.7 Å². The van der Waals surface area contributed by atoms with Gasteiger partial charge in [0.2, 0.25) is 0 Å². The zero-order chi connectivity index (χ0) is 18.4. The number of esters is 4. The third-order valence-electron chi connectivity index (χ3n) is 2.97. The van der Waals surface area contributed by atoms with Crippen LogP contribution in [0.5, 0.6) is 0 Å². The van der Waals surface area contributed by atoms with E-state index in [1.165, 1.54) is 6.92 Å². The maximum atomic E-state index is 11.4. The van der Waals surface area contributed by atoms with Gasteiger partial charge in [-0.05, 0) is 0 Å². The highest BCUT2D eigenvalue weighted by Gasteiger charge is 2.51. The van der Waals surface area contributed by atoms with Crippen LogP contribution in [-0.2, 0) is 42.9 Å². The van der Waals surface area contributed by atoms with Crippen LogP contribution in [0.25, 0.3) is 0 Å². The first-order valence-electron chi connectivity index (χ1n) is 7.10. The lowest BCUT2D eigenvalue weighted by Crippen LogP contribution is -2.61. The van der Waals surface area contributed by atoms with Crippen molar-refractivity contribution in [1.29, 1.82) is 0 Å². The fraction of sp³-hybridized carbons (Fsp3) is 0.714. The van der Waals surface area contributed by atoms with E-state index in [-0.39, 0.29) is 6.61 Å². The monoisotopic (exact) mass is 364 g/mol. The summed E-state index contributed by atoms with van der Waals surface area (Å²) in [7, 11) is 0. The van der Waals surface area contributed by atoms with Crippen molar-refractivity contribution in [3.05, 3.63) is 0 Å². The Morgan fingerprint density at radius 3 is 1.71 bits per heavy atom. The number of hydrogen-bond acceptors (Lipinski definition) is 10. The van der Waals surface area contributed by atoms with Crippen LogP contribution in [0.3, 0.4) is 0 Å². The summed E-state index contributed by atoms with van der Waals surface area (Å²) in [5.74, 6) is -2.57. The van der Waals surface area contributed by atoms with Gasteiger partial charge in [-0.3, -0.25) is 19.2 Å². The summed E-state index contributed by atoms with van der Waals surface area (Å²) in [6.07, 6.45) is -4.35. The number of hydrogen-bond donors (Lipinski definition) is 1. The Hall–Kier alpha value is -1.81. The highest BCUT2D eigenvalue weighted by molar-refractivity contribution is 7.80. The molecule has 10 heteroatoms. The number of thiol groups is 1. The minimum absolute atomic E-state index is 0.255. The van der Waals surface area contributed by atoms with Crippen molar-refractivity contribution in [3.8, 4) is 0 Å². The van der Waals surface area contributed by atoms with Crippen LogP contribution in [-0.4, -0.2) is 60.3 Å². The molecule has 1 heterocycles. The van der Waals surface area contributed by atoms with Gasteiger partial charge >= 0.3 is 23.9 Å². The van der Waals surface area contributed by atoms with Crippen molar-refractivity contribution in [2.45, 2.75) is 57.5 Å². The molecule has 0 aromatic carbocycles. The van der Waals surface area contributed by atoms with Gasteiger partial charge in [-0.15, -0.1) is 12.6 Å². The Balaban J connectivity index is 3.11. The van der Waals surface area contributed by atoms with Crippen LogP contribution in [0.2, 0.25) is 0 Å². The normalized spacial score (nSPS) is 29.3. The average Bonchev–Trinajstić information content (AvgIpc) is 2.42. The molecule has 0 aromatic rings. The van der Waals surface area contributed by atoms with Crippen LogP contribution in [0.4, 0.5) is 0 Å². The quantitative estimate of drug-likeness (QED) is 0.409. The first-order chi connectivity index (χ1) is 11.1. The molecule has 0 radical (unpaired) electrons. The molecule has 136 valence electrons. The van der Waals surface area contributed by atoms with Gasteiger partial charge in [0.15, 0.2) is 18.3 Å². The molecule has 5 atom stereocenters. The van der Waals surface area contributed by atoms with Gasteiger partial charge in [-0.25, -0.2) is 0 Å². The summed E-state index contributed by atoms with van der Waals surface area (Å²) in [5, 5.41) is 0. The number of carbonyl (C=O) groups excluding carboxylic acids is 4. The van der Waals surface area contributed by atoms with Crippen LogP contribution >= 0.6 is 12.6 Å². The second kappa shape index (κ2) is 8.88. The first-order valence-corrected chi connectivity index (χ1v) is 7.62. The lowest BCUT2D eigenvalue weighted by atomic mass is 9.99. The van der Waals surface area contributed by atoms with Crippen molar-refractivity contribution < 1.29 is 42.9 Å². The highest BCUT2D eigenvalue weighted by atomic mass is 32.1. The van der Waals surface area contributed by atoms with Crippen molar-refractivity contribution in [2.75, 3.05) is 6.61 Å². The molecular formula is C14H20O9S. The topological polar surface area (TPSA) is 114 Å². The van der Waals surface area contributed by atoms with Gasteiger partial charge in [0.25, 0.3) is 0 Å². The minimum Gasteiger partial charge on any atom is -0.463 e. The summed E-state index contributed by atoms with van der Waals surface area (Å²) >= 11 is 4.18. The zero-order valence-corrected chi connectivity index (χ0v) is 14.6. The predicted molar refractivity (Wildman–Crippen MR) is 80.9 cm³/mol. The first kappa shape index (κ1) is 20.2. The maximum Gasteiger partial charge on any atom is 0.303 e. The largest absolute Gasteiger partial charge is 0.463 e. The number of carbonyl (C=O) groups is 4. The SMILES string of the molecule is CC(=O)OCC1O[C@H](S)C(OC(C)=O)C(OC(C)=O)[C@H]1OC(C)=O. The second-order valence-electron chi connectivity index (χ2n) is 5.09. The molecule has 1 rings (SSSR count). The van der Waals surface area contributed by atoms with E-state index in [2.05, 4.69) is 12.6 Å². The zero-order valence-electron chi connectivity index (χ0n) is 13.7. The van der Waals surface area contributed by atoms with Gasteiger partial charge in [0, 0.05) is 27.7 Å². The van der Waals surface area contributed by atoms with Gasteiger partial charge in [0.05, 0.1) is 0 Å². The summed E-state index contributed by atoms with van der Waals surface area (Å²) in [6, 6.07) is 0. The van der Waals surface area contributed by atoms with Crippen LogP contribution in [0.15, 0.2) is 0 Å². The molecule has 1 aliphatic heterocycles. The molecule has 0 aromatic heterocycles. The minimum atomic E-state index is -1.16. The summed E-state index contributed by atoms with van der Waals surface area (Å²) < 4.78 is 25.8. The van der Waals surface area contributed by atoms with Gasteiger partial charge in [-0.1, -0.05) is 0 Å². The van der Waals surface area contributed by atoms with E-state index in [9.17, 15) is 19.2 Å². The van der Waals surface area contributed by atoms with Crippen LogP contribution in [0.1, 0.15) is 27.7 Å². The molecule has 24 heavy (non-hydrogen) atoms. The van der Waals surface area contributed by atoms with E-state index in [0.717, 1.165) is 20.8 Å².